The number of carbonyl (C=O) groups is 1. The first-order valence-corrected chi connectivity index (χ1v) is 9.90. The van der Waals surface area contributed by atoms with E-state index in [2.05, 4.69) is 50.2 Å². The summed E-state index contributed by atoms with van der Waals surface area (Å²) in [4.78, 5) is 17.6. The van der Waals surface area contributed by atoms with Gasteiger partial charge in [0.05, 0.1) is 11.1 Å². The maximum atomic E-state index is 12.0. The quantitative estimate of drug-likeness (QED) is 0.367. The molecule has 0 radical (unpaired) electrons. The lowest BCUT2D eigenvalue weighted by Crippen LogP contribution is -2.27. The van der Waals surface area contributed by atoms with Crippen LogP contribution in [0.1, 0.15) is 11.1 Å². The zero-order valence-electron chi connectivity index (χ0n) is 15.8. The SMILES string of the molecule is Cc1ccccc1-c1cnc(Nc2ccc(NC(=O)NCc3cn[nH]c3)cc2)s1. The summed E-state index contributed by atoms with van der Waals surface area (Å²) in [6, 6.07) is 15.5. The molecule has 4 rings (SSSR count). The number of thiazole rings is 1. The third-order valence-corrected chi connectivity index (χ3v) is 5.26. The first kappa shape index (κ1) is 18.7. The Morgan fingerprint density at radius 2 is 1.86 bits per heavy atom. The average molecular weight is 404 g/mol. The fraction of sp³-hybridized carbons (Fsp3) is 0.0952. The molecule has 2 aromatic carbocycles. The van der Waals surface area contributed by atoms with Gasteiger partial charge >= 0.3 is 6.03 Å². The monoisotopic (exact) mass is 404 g/mol. The van der Waals surface area contributed by atoms with E-state index in [9.17, 15) is 4.79 Å². The summed E-state index contributed by atoms with van der Waals surface area (Å²) in [5.41, 5.74) is 4.94. The predicted octanol–water partition coefficient (Wildman–Crippen LogP) is 4.91. The van der Waals surface area contributed by atoms with Crippen LogP contribution in [0, 0.1) is 6.92 Å². The van der Waals surface area contributed by atoms with Crippen molar-refractivity contribution in [2.75, 3.05) is 10.6 Å². The van der Waals surface area contributed by atoms with Gasteiger partial charge in [-0.15, -0.1) is 0 Å². The molecule has 146 valence electrons. The molecule has 0 aliphatic rings. The van der Waals surface area contributed by atoms with Crippen LogP contribution in [0.3, 0.4) is 0 Å². The molecular formula is C21H20N6OS. The molecule has 0 spiro atoms. The second kappa shape index (κ2) is 8.57. The minimum Gasteiger partial charge on any atom is -0.334 e. The van der Waals surface area contributed by atoms with Crippen LogP contribution >= 0.6 is 11.3 Å². The van der Waals surface area contributed by atoms with Crippen molar-refractivity contribution >= 4 is 33.9 Å². The molecule has 4 aromatic rings. The molecule has 0 fully saturated rings. The standard InChI is InChI=1S/C21H20N6OS/c1-14-4-2-3-5-18(14)19-13-23-21(29-19)27-17-8-6-16(7-9-17)26-20(28)22-10-15-11-24-25-12-15/h2-9,11-13H,10H2,1H3,(H,23,27)(H,24,25)(H2,22,26,28). The lowest BCUT2D eigenvalue weighted by molar-refractivity contribution is 0.251. The number of H-pyrrole nitrogens is 1. The molecule has 0 aliphatic carbocycles. The van der Waals surface area contributed by atoms with Gasteiger partial charge in [-0.3, -0.25) is 5.10 Å². The zero-order chi connectivity index (χ0) is 20.1. The van der Waals surface area contributed by atoms with Gasteiger partial charge in [0, 0.05) is 35.9 Å². The molecule has 4 N–H and O–H groups in total. The van der Waals surface area contributed by atoms with E-state index in [0.717, 1.165) is 21.3 Å². The first-order chi connectivity index (χ1) is 14.2. The van der Waals surface area contributed by atoms with Crippen LogP contribution in [-0.2, 0) is 6.54 Å². The number of aromatic amines is 1. The van der Waals surface area contributed by atoms with Crippen LogP contribution in [0.15, 0.2) is 67.1 Å². The number of hydrogen-bond donors (Lipinski definition) is 4. The zero-order valence-corrected chi connectivity index (χ0v) is 16.6. The van der Waals surface area contributed by atoms with Gasteiger partial charge < -0.3 is 16.0 Å². The van der Waals surface area contributed by atoms with Crippen molar-refractivity contribution in [2.45, 2.75) is 13.5 Å². The fourth-order valence-corrected chi connectivity index (χ4v) is 3.73. The lowest BCUT2D eigenvalue weighted by Gasteiger charge is -2.08. The topological polar surface area (TPSA) is 94.7 Å². The molecule has 0 saturated heterocycles. The number of rotatable bonds is 6. The van der Waals surface area contributed by atoms with Gasteiger partial charge in [0.2, 0.25) is 0 Å². The molecular weight excluding hydrogens is 384 g/mol. The van der Waals surface area contributed by atoms with Gasteiger partial charge in [-0.1, -0.05) is 35.6 Å². The summed E-state index contributed by atoms with van der Waals surface area (Å²) >= 11 is 1.61. The molecule has 0 bridgehead atoms. The number of hydrogen-bond acceptors (Lipinski definition) is 5. The highest BCUT2D eigenvalue weighted by Gasteiger charge is 2.07. The number of aromatic nitrogens is 3. The molecule has 2 amide bonds. The summed E-state index contributed by atoms with van der Waals surface area (Å²) in [7, 11) is 0. The van der Waals surface area contributed by atoms with E-state index in [0.29, 0.717) is 12.2 Å². The van der Waals surface area contributed by atoms with E-state index in [-0.39, 0.29) is 6.03 Å². The Morgan fingerprint density at radius 1 is 1.07 bits per heavy atom. The van der Waals surface area contributed by atoms with Crippen LogP contribution in [0.5, 0.6) is 0 Å². The smallest absolute Gasteiger partial charge is 0.319 e. The Morgan fingerprint density at radius 3 is 2.62 bits per heavy atom. The number of carbonyl (C=O) groups excluding carboxylic acids is 1. The van der Waals surface area contributed by atoms with Gasteiger partial charge in [-0.2, -0.15) is 5.10 Å². The highest BCUT2D eigenvalue weighted by molar-refractivity contribution is 7.19. The van der Waals surface area contributed by atoms with Crippen molar-refractivity contribution in [3.8, 4) is 10.4 Å². The third kappa shape index (κ3) is 4.80. The Bertz CT molecular complexity index is 1090. The largest absolute Gasteiger partial charge is 0.334 e. The average Bonchev–Trinajstić information content (AvgIpc) is 3.40. The number of nitrogens with one attached hydrogen (secondary N) is 4. The lowest BCUT2D eigenvalue weighted by atomic mass is 10.1. The van der Waals surface area contributed by atoms with E-state index < -0.39 is 0 Å². The van der Waals surface area contributed by atoms with Gasteiger partial charge in [0.15, 0.2) is 5.13 Å². The highest BCUT2D eigenvalue weighted by atomic mass is 32.1. The van der Waals surface area contributed by atoms with E-state index in [4.69, 9.17) is 0 Å². The third-order valence-electron chi connectivity index (χ3n) is 4.32. The molecule has 0 saturated carbocycles. The van der Waals surface area contributed by atoms with Crippen molar-refractivity contribution in [3.05, 3.63) is 78.2 Å². The predicted molar refractivity (Wildman–Crippen MR) is 116 cm³/mol. The summed E-state index contributed by atoms with van der Waals surface area (Å²) in [6.45, 7) is 2.51. The first-order valence-electron chi connectivity index (χ1n) is 9.09. The number of benzene rings is 2. The van der Waals surface area contributed by atoms with Crippen LogP contribution in [0.25, 0.3) is 10.4 Å². The maximum absolute atomic E-state index is 12.0. The highest BCUT2D eigenvalue weighted by Crippen LogP contribution is 2.32. The number of aryl methyl sites for hydroxylation is 1. The minimum atomic E-state index is -0.269. The Hall–Kier alpha value is -3.65. The summed E-state index contributed by atoms with van der Waals surface area (Å²) in [6.07, 6.45) is 5.30. The van der Waals surface area contributed by atoms with Gasteiger partial charge in [-0.25, -0.2) is 9.78 Å². The van der Waals surface area contributed by atoms with E-state index in [1.54, 1.807) is 23.7 Å². The molecule has 0 unspecified atom stereocenters. The number of nitrogens with zero attached hydrogens (tertiary/aromatic N) is 2. The molecule has 8 heteroatoms. The van der Waals surface area contributed by atoms with Crippen molar-refractivity contribution in [2.24, 2.45) is 0 Å². The number of anilines is 3. The molecule has 2 aromatic heterocycles. The molecule has 0 aliphatic heterocycles. The fourth-order valence-electron chi connectivity index (χ4n) is 2.80. The number of urea groups is 1. The van der Waals surface area contributed by atoms with Gasteiger partial charge in [0.25, 0.3) is 0 Å². The number of amides is 2. The van der Waals surface area contributed by atoms with Gasteiger partial charge in [-0.05, 0) is 42.3 Å². The second-order valence-electron chi connectivity index (χ2n) is 6.46. The van der Waals surface area contributed by atoms with E-state index in [1.165, 1.54) is 11.1 Å². The van der Waals surface area contributed by atoms with Crippen LogP contribution in [-0.4, -0.2) is 21.2 Å². The Labute approximate surface area is 172 Å². The van der Waals surface area contributed by atoms with Crippen molar-refractivity contribution in [1.82, 2.24) is 20.5 Å². The summed E-state index contributed by atoms with van der Waals surface area (Å²) in [5, 5.41) is 16.3. The van der Waals surface area contributed by atoms with Gasteiger partial charge in [0.1, 0.15) is 0 Å². The molecule has 2 heterocycles. The van der Waals surface area contributed by atoms with Crippen molar-refractivity contribution in [3.63, 3.8) is 0 Å². The Kier molecular flexibility index (Phi) is 5.53. The van der Waals surface area contributed by atoms with Crippen LogP contribution in [0.2, 0.25) is 0 Å². The van der Waals surface area contributed by atoms with Crippen LogP contribution in [0.4, 0.5) is 21.3 Å². The van der Waals surface area contributed by atoms with E-state index in [1.807, 2.05) is 42.6 Å². The Balaban J connectivity index is 1.34. The molecule has 7 nitrogen and oxygen atoms in total. The maximum Gasteiger partial charge on any atom is 0.319 e. The van der Waals surface area contributed by atoms with Crippen molar-refractivity contribution < 1.29 is 4.79 Å². The van der Waals surface area contributed by atoms with Crippen molar-refractivity contribution in [1.29, 1.82) is 0 Å². The molecule has 0 atom stereocenters. The normalized spacial score (nSPS) is 10.5. The summed E-state index contributed by atoms with van der Waals surface area (Å²) in [5.74, 6) is 0. The van der Waals surface area contributed by atoms with E-state index >= 15 is 0 Å². The second-order valence-corrected chi connectivity index (χ2v) is 7.49. The van der Waals surface area contributed by atoms with Crippen LogP contribution < -0.4 is 16.0 Å². The molecule has 29 heavy (non-hydrogen) atoms. The summed E-state index contributed by atoms with van der Waals surface area (Å²) < 4.78 is 0. The minimum absolute atomic E-state index is 0.269.